The highest BCUT2D eigenvalue weighted by Crippen LogP contribution is 2.12. The molecule has 0 fully saturated rings. The Labute approximate surface area is 64.3 Å². The summed E-state index contributed by atoms with van der Waals surface area (Å²) >= 11 is 1.19. The van der Waals surface area contributed by atoms with Gasteiger partial charge in [-0.25, -0.2) is 0 Å². The summed E-state index contributed by atoms with van der Waals surface area (Å²) in [7, 11) is 0. The smallest absolute Gasteiger partial charge is 0.178 e. The Hall–Kier alpha value is -0.890. The number of hydrazone groups is 1. The standard InChI is InChI=1S/C5H10N4S/c1-2-4(3-6)10-5(7)9-8/h4H,2,8H2,1H3,(H2,7,9). The van der Waals surface area contributed by atoms with E-state index in [4.69, 9.17) is 16.8 Å². The predicted octanol–water partition coefficient (Wildman–Crippen LogP) is 0.210. The zero-order valence-corrected chi connectivity index (χ0v) is 6.56. The van der Waals surface area contributed by atoms with E-state index in [1.807, 2.05) is 6.92 Å². The fraction of sp³-hybridized carbons (Fsp3) is 0.600. The number of nitriles is 1. The van der Waals surface area contributed by atoms with E-state index in [1.165, 1.54) is 11.8 Å². The van der Waals surface area contributed by atoms with Crippen molar-refractivity contribution in [2.75, 3.05) is 0 Å². The first-order valence-corrected chi connectivity index (χ1v) is 3.72. The Bertz CT molecular complexity index is 160. The summed E-state index contributed by atoms with van der Waals surface area (Å²) < 4.78 is 0. The summed E-state index contributed by atoms with van der Waals surface area (Å²) in [5, 5.41) is 11.8. The first-order chi connectivity index (χ1) is 4.74. The van der Waals surface area contributed by atoms with E-state index < -0.39 is 0 Å². The summed E-state index contributed by atoms with van der Waals surface area (Å²) in [5.41, 5.74) is 5.26. The van der Waals surface area contributed by atoms with Gasteiger partial charge in [-0.2, -0.15) is 10.4 Å². The molecular formula is C5H10N4S. The third kappa shape index (κ3) is 3.20. The zero-order chi connectivity index (χ0) is 7.98. The maximum atomic E-state index is 8.45. The quantitative estimate of drug-likeness (QED) is 0.260. The molecule has 0 aliphatic heterocycles. The summed E-state index contributed by atoms with van der Waals surface area (Å²) in [6.07, 6.45) is 0.747. The maximum Gasteiger partial charge on any atom is 0.178 e. The van der Waals surface area contributed by atoms with Gasteiger partial charge in [-0.3, -0.25) is 0 Å². The van der Waals surface area contributed by atoms with Crippen molar-refractivity contribution in [3.05, 3.63) is 0 Å². The minimum atomic E-state index is -0.132. The largest absolute Gasteiger partial charge is 0.377 e. The second kappa shape index (κ2) is 4.94. The van der Waals surface area contributed by atoms with Crippen LogP contribution in [-0.4, -0.2) is 10.4 Å². The molecular weight excluding hydrogens is 148 g/mol. The Morgan fingerprint density at radius 1 is 1.90 bits per heavy atom. The molecule has 0 saturated heterocycles. The van der Waals surface area contributed by atoms with Crippen LogP contribution in [0.1, 0.15) is 13.3 Å². The molecule has 5 heteroatoms. The molecule has 0 radical (unpaired) electrons. The topological polar surface area (TPSA) is 88.2 Å². The lowest BCUT2D eigenvalue weighted by Gasteiger charge is -2.01. The minimum Gasteiger partial charge on any atom is -0.377 e. The molecule has 0 aliphatic carbocycles. The average molecular weight is 158 g/mol. The molecule has 1 atom stereocenters. The van der Waals surface area contributed by atoms with Crippen LogP contribution in [0.2, 0.25) is 0 Å². The molecule has 1 unspecified atom stereocenters. The highest BCUT2D eigenvalue weighted by atomic mass is 32.2. The lowest BCUT2D eigenvalue weighted by Crippen LogP contribution is -2.13. The first-order valence-electron chi connectivity index (χ1n) is 2.84. The number of nitrogens with zero attached hydrogens (tertiary/aromatic N) is 2. The molecule has 0 aromatic heterocycles. The van der Waals surface area contributed by atoms with Crippen LogP contribution in [0.3, 0.4) is 0 Å². The lowest BCUT2D eigenvalue weighted by molar-refractivity contribution is 0.990. The molecule has 0 aliphatic rings. The van der Waals surface area contributed by atoms with Crippen molar-refractivity contribution < 1.29 is 0 Å². The van der Waals surface area contributed by atoms with Gasteiger partial charge in [0.1, 0.15) is 0 Å². The minimum absolute atomic E-state index is 0.132. The lowest BCUT2D eigenvalue weighted by atomic mass is 10.4. The van der Waals surface area contributed by atoms with Crippen LogP contribution in [0.5, 0.6) is 0 Å². The van der Waals surface area contributed by atoms with Gasteiger partial charge in [-0.15, -0.1) is 0 Å². The Kier molecular flexibility index (Phi) is 4.50. The van der Waals surface area contributed by atoms with Gasteiger partial charge in [0.2, 0.25) is 0 Å². The van der Waals surface area contributed by atoms with Crippen molar-refractivity contribution in [1.82, 2.24) is 0 Å². The van der Waals surface area contributed by atoms with Gasteiger partial charge in [-0.05, 0) is 6.42 Å². The molecule has 0 rings (SSSR count). The average Bonchev–Trinajstić information content (AvgIpc) is 1.99. The van der Waals surface area contributed by atoms with Crippen molar-refractivity contribution >= 4 is 16.9 Å². The molecule has 0 spiro atoms. The van der Waals surface area contributed by atoms with Crippen molar-refractivity contribution in [3.63, 3.8) is 0 Å². The Balaban J connectivity index is 3.77. The number of hydrogen-bond donors (Lipinski definition) is 2. The molecule has 4 N–H and O–H groups in total. The molecule has 0 saturated carbocycles. The summed E-state index contributed by atoms with van der Waals surface area (Å²) in [6.45, 7) is 1.91. The van der Waals surface area contributed by atoms with Crippen LogP contribution in [0.15, 0.2) is 5.10 Å². The van der Waals surface area contributed by atoms with Gasteiger partial charge in [0.25, 0.3) is 0 Å². The van der Waals surface area contributed by atoms with Crippen LogP contribution < -0.4 is 11.6 Å². The molecule has 0 aromatic carbocycles. The van der Waals surface area contributed by atoms with Crippen molar-refractivity contribution in [1.29, 1.82) is 5.26 Å². The van der Waals surface area contributed by atoms with E-state index in [1.54, 1.807) is 0 Å². The molecule has 4 nitrogen and oxygen atoms in total. The summed E-state index contributed by atoms with van der Waals surface area (Å²) in [4.78, 5) is 0. The highest BCUT2D eigenvalue weighted by molar-refractivity contribution is 8.14. The molecule has 10 heavy (non-hydrogen) atoms. The van der Waals surface area contributed by atoms with E-state index in [0.717, 1.165) is 6.42 Å². The Morgan fingerprint density at radius 3 is 2.80 bits per heavy atom. The zero-order valence-electron chi connectivity index (χ0n) is 5.74. The van der Waals surface area contributed by atoms with Gasteiger partial charge >= 0.3 is 0 Å². The Morgan fingerprint density at radius 2 is 2.50 bits per heavy atom. The third-order valence-corrected chi connectivity index (χ3v) is 1.98. The number of hydrogen-bond acceptors (Lipinski definition) is 4. The molecule has 0 amide bonds. The second-order valence-electron chi connectivity index (χ2n) is 1.61. The molecule has 0 heterocycles. The van der Waals surface area contributed by atoms with E-state index in [2.05, 4.69) is 11.2 Å². The van der Waals surface area contributed by atoms with Gasteiger partial charge in [0.05, 0.1) is 11.3 Å². The number of amidine groups is 1. The monoisotopic (exact) mass is 158 g/mol. The van der Waals surface area contributed by atoms with Crippen LogP contribution in [0.4, 0.5) is 0 Å². The predicted molar refractivity (Wildman–Crippen MR) is 43.1 cm³/mol. The second-order valence-corrected chi connectivity index (χ2v) is 2.83. The first kappa shape index (κ1) is 9.11. The van der Waals surface area contributed by atoms with Crippen LogP contribution in [0, 0.1) is 11.3 Å². The number of nitrogens with two attached hydrogens (primary N) is 2. The van der Waals surface area contributed by atoms with Gasteiger partial charge in [0.15, 0.2) is 5.17 Å². The maximum absolute atomic E-state index is 8.45. The summed E-state index contributed by atoms with van der Waals surface area (Å²) in [5.74, 6) is 4.86. The SMILES string of the molecule is CCC(C#N)SC(N)=NN. The molecule has 0 aromatic rings. The fourth-order valence-corrected chi connectivity index (χ4v) is 0.949. The van der Waals surface area contributed by atoms with Gasteiger partial charge in [0, 0.05) is 0 Å². The van der Waals surface area contributed by atoms with Crippen molar-refractivity contribution in [3.8, 4) is 6.07 Å². The van der Waals surface area contributed by atoms with Crippen LogP contribution >= 0.6 is 11.8 Å². The van der Waals surface area contributed by atoms with Crippen molar-refractivity contribution in [2.45, 2.75) is 18.6 Å². The third-order valence-electron chi connectivity index (χ3n) is 0.905. The van der Waals surface area contributed by atoms with E-state index in [-0.39, 0.29) is 10.4 Å². The molecule has 0 bridgehead atoms. The highest BCUT2D eigenvalue weighted by Gasteiger charge is 2.06. The number of rotatable bonds is 2. The fourth-order valence-electron chi connectivity index (χ4n) is 0.377. The number of thioether (sulfide) groups is 1. The molecule has 56 valence electrons. The van der Waals surface area contributed by atoms with Crippen molar-refractivity contribution in [2.24, 2.45) is 16.7 Å². The normalized spacial score (nSPS) is 14.2. The van der Waals surface area contributed by atoms with Crippen LogP contribution in [0.25, 0.3) is 0 Å². The van der Waals surface area contributed by atoms with E-state index in [0.29, 0.717) is 0 Å². The van der Waals surface area contributed by atoms with E-state index >= 15 is 0 Å². The van der Waals surface area contributed by atoms with E-state index in [9.17, 15) is 0 Å². The van der Waals surface area contributed by atoms with Gasteiger partial charge in [-0.1, -0.05) is 18.7 Å². The van der Waals surface area contributed by atoms with Crippen LogP contribution in [-0.2, 0) is 0 Å². The van der Waals surface area contributed by atoms with Gasteiger partial charge < -0.3 is 11.6 Å². The summed E-state index contributed by atoms with van der Waals surface area (Å²) in [6, 6.07) is 2.06.